The number of hydrogen-bond acceptors (Lipinski definition) is 1. The zero-order valence-corrected chi connectivity index (χ0v) is 10.1. The summed E-state index contributed by atoms with van der Waals surface area (Å²) in [6, 6.07) is 8.98. The van der Waals surface area contributed by atoms with Gasteiger partial charge in [0.25, 0.3) is 0 Å². The van der Waals surface area contributed by atoms with Gasteiger partial charge in [0.15, 0.2) is 0 Å². The fourth-order valence-corrected chi connectivity index (χ4v) is 1.76. The van der Waals surface area contributed by atoms with Crippen LogP contribution in [0.3, 0.4) is 0 Å². The van der Waals surface area contributed by atoms with Gasteiger partial charge in [0.1, 0.15) is 0 Å². The Hall–Kier alpha value is -0.820. The van der Waals surface area contributed by atoms with E-state index in [2.05, 4.69) is 43.4 Å². The van der Waals surface area contributed by atoms with Crippen LogP contribution < -0.4 is 5.32 Å². The van der Waals surface area contributed by atoms with Crippen molar-refractivity contribution >= 4 is 0 Å². The molecule has 0 unspecified atom stereocenters. The van der Waals surface area contributed by atoms with Gasteiger partial charge in [-0.05, 0) is 43.5 Å². The minimum Gasteiger partial charge on any atom is -0.316 e. The van der Waals surface area contributed by atoms with Gasteiger partial charge in [0.2, 0.25) is 0 Å². The third kappa shape index (κ3) is 4.98. The molecule has 1 aromatic carbocycles. The maximum Gasteiger partial charge on any atom is -0.000835 e. The summed E-state index contributed by atoms with van der Waals surface area (Å²) in [7, 11) is 0. The van der Waals surface area contributed by atoms with Crippen LogP contribution >= 0.6 is 0 Å². The Balaban J connectivity index is 2.36. The topological polar surface area (TPSA) is 12.0 Å². The van der Waals surface area contributed by atoms with E-state index in [0.717, 1.165) is 19.5 Å². The van der Waals surface area contributed by atoms with Crippen LogP contribution in [0.2, 0.25) is 0 Å². The first kappa shape index (κ1) is 12.3. The lowest BCUT2D eigenvalue weighted by molar-refractivity contribution is 0.671. The summed E-state index contributed by atoms with van der Waals surface area (Å²) in [6.45, 7) is 6.67. The lowest BCUT2D eigenvalue weighted by atomic mass is 10.1. The molecule has 0 saturated heterocycles. The smallest absolute Gasteiger partial charge is 0.000835 e. The normalized spacial score (nSPS) is 10.5. The Bertz CT molecular complexity index is 268. The molecule has 84 valence electrons. The van der Waals surface area contributed by atoms with Crippen LogP contribution in [0.15, 0.2) is 24.3 Å². The van der Waals surface area contributed by atoms with Gasteiger partial charge in [-0.15, -0.1) is 0 Å². The van der Waals surface area contributed by atoms with E-state index >= 15 is 0 Å². The molecule has 0 aliphatic carbocycles. The van der Waals surface area contributed by atoms with Crippen molar-refractivity contribution in [2.24, 2.45) is 0 Å². The molecule has 1 nitrogen and oxygen atoms in total. The average Bonchev–Trinajstić information content (AvgIpc) is 2.26. The van der Waals surface area contributed by atoms with Crippen molar-refractivity contribution < 1.29 is 0 Å². The highest BCUT2D eigenvalue weighted by atomic mass is 14.8. The van der Waals surface area contributed by atoms with Gasteiger partial charge in [0, 0.05) is 0 Å². The van der Waals surface area contributed by atoms with Gasteiger partial charge in [-0.1, -0.05) is 44.5 Å². The highest BCUT2D eigenvalue weighted by Gasteiger charge is 1.95. The summed E-state index contributed by atoms with van der Waals surface area (Å²) in [5.41, 5.74) is 2.94. The minimum absolute atomic E-state index is 1.10. The molecule has 0 aromatic heterocycles. The van der Waals surface area contributed by atoms with Gasteiger partial charge in [-0.25, -0.2) is 0 Å². The number of nitrogens with one attached hydrogen (secondary N) is 1. The predicted molar refractivity (Wildman–Crippen MR) is 67.3 cm³/mol. The standard InChI is InChI=1S/C14H23N/c1-3-6-13-7-5-8-14(12-13)9-11-15-10-4-2/h5,7-8,12,15H,3-4,6,9-11H2,1-2H3. The monoisotopic (exact) mass is 205 g/mol. The van der Waals surface area contributed by atoms with Crippen LogP contribution in [0.1, 0.15) is 37.8 Å². The van der Waals surface area contributed by atoms with Crippen molar-refractivity contribution in [3.8, 4) is 0 Å². The van der Waals surface area contributed by atoms with Gasteiger partial charge in [-0.3, -0.25) is 0 Å². The molecule has 0 amide bonds. The molecule has 0 fully saturated rings. The molecule has 0 spiro atoms. The highest BCUT2D eigenvalue weighted by Crippen LogP contribution is 2.07. The molecule has 0 atom stereocenters. The SMILES string of the molecule is CCCNCCc1cccc(CCC)c1. The fraction of sp³-hybridized carbons (Fsp3) is 0.571. The van der Waals surface area contributed by atoms with E-state index < -0.39 is 0 Å². The lowest BCUT2D eigenvalue weighted by Crippen LogP contribution is -2.17. The third-order valence-corrected chi connectivity index (χ3v) is 2.55. The van der Waals surface area contributed by atoms with Crippen LogP contribution in [0.4, 0.5) is 0 Å². The van der Waals surface area contributed by atoms with Gasteiger partial charge in [0.05, 0.1) is 0 Å². The molecule has 0 aliphatic heterocycles. The van der Waals surface area contributed by atoms with Crippen molar-refractivity contribution in [3.63, 3.8) is 0 Å². The molecular formula is C14H23N. The van der Waals surface area contributed by atoms with E-state index in [0.29, 0.717) is 0 Å². The first-order valence-electron chi connectivity index (χ1n) is 6.15. The second kappa shape index (κ2) is 7.47. The number of hydrogen-bond donors (Lipinski definition) is 1. The summed E-state index contributed by atoms with van der Waals surface area (Å²) in [5.74, 6) is 0. The Labute approximate surface area is 93.9 Å². The minimum atomic E-state index is 1.10. The number of benzene rings is 1. The molecule has 0 aliphatic rings. The maximum absolute atomic E-state index is 3.44. The predicted octanol–water partition coefficient (Wildman–Crippen LogP) is 3.18. The number of rotatable bonds is 7. The van der Waals surface area contributed by atoms with Crippen LogP contribution in [-0.2, 0) is 12.8 Å². The van der Waals surface area contributed by atoms with Crippen LogP contribution in [0.25, 0.3) is 0 Å². The zero-order chi connectivity index (χ0) is 10.9. The fourth-order valence-electron chi connectivity index (χ4n) is 1.76. The van der Waals surface area contributed by atoms with E-state index in [4.69, 9.17) is 0 Å². The highest BCUT2D eigenvalue weighted by molar-refractivity contribution is 5.23. The average molecular weight is 205 g/mol. The summed E-state index contributed by atoms with van der Waals surface area (Å²) in [4.78, 5) is 0. The third-order valence-electron chi connectivity index (χ3n) is 2.55. The molecular weight excluding hydrogens is 182 g/mol. The van der Waals surface area contributed by atoms with E-state index in [9.17, 15) is 0 Å². The van der Waals surface area contributed by atoms with E-state index in [1.54, 1.807) is 0 Å². The Kier molecular flexibility index (Phi) is 6.10. The number of aryl methyl sites for hydroxylation is 1. The lowest BCUT2D eigenvalue weighted by Gasteiger charge is -2.05. The maximum atomic E-state index is 3.44. The second-order valence-corrected chi connectivity index (χ2v) is 4.07. The Morgan fingerprint density at radius 1 is 0.933 bits per heavy atom. The molecule has 0 heterocycles. The molecule has 0 bridgehead atoms. The van der Waals surface area contributed by atoms with Crippen molar-refractivity contribution in [1.82, 2.24) is 5.32 Å². The summed E-state index contributed by atoms with van der Waals surface area (Å²) >= 11 is 0. The van der Waals surface area contributed by atoms with Crippen LogP contribution in [0.5, 0.6) is 0 Å². The van der Waals surface area contributed by atoms with E-state index in [1.165, 1.54) is 30.4 Å². The van der Waals surface area contributed by atoms with Crippen molar-refractivity contribution in [2.45, 2.75) is 39.5 Å². The van der Waals surface area contributed by atoms with E-state index in [1.807, 2.05) is 0 Å². The van der Waals surface area contributed by atoms with Gasteiger partial charge >= 0.3 is 0 Å². The van der Waals surface area contributed by atoms with Crippen molar-refractivity contribution in [2.75, 3.05) is 13.1 Å². The van der Waals surface area contributed by atoms with Crippen molar-refractivity contribution in [1.29, 1.82) is 0 Å². The molecule has 0 radical (unpaired) electrons. The summed E-state index contributed by atoms with van der Waals surface area (Å²) in [5, 5.41) is 3.44. The molecule has 1 heteroatoms. The Morgan fingerprint density at radius 3 is 2.33 bits per heavy atom. The molecule has 1 aromatic rings. The first-order valence-corrected chi connectivity index (χ1v) is 6.15. The van der Waals surface area contributed by atoms with Crippen molar-refractivity contribution in [3.05, 3.63) is 35.4 Å². The van der Waals surface area contributed by atoms with Crippen LogP contribution in [-0.4, -0.2) is 13.1 Å². The Morgan fingerprint density at radius 2 is 1.67 bits per heavy atom. The quantitative estimate of drug-likeness (QED) is 0.674. The van der Waals surface area contributed by atoms with Gasteiger partial charge in [-0.2, -0.15) is 0 Å². The molecule has 1 N–H and O–H groups in total. The molecule has 0 saturated carbocycles. The molecule has 15 heavy (non-hydrogen) atoms. The molecule has 1 rings (SSSR count). The van der Waals surface area contributed by atoms with Crippen LogP contribution in [0, 0.1) is 0 Å². The summed E-state index contributed by atoms with van der Waals surface area (Å²) < 4.78 is 0. The zero-order valence-electron chi connectivity index (χ0n) is 10.1. The van der Waals surface area contributed by atoms with Gasteiger partial charge < -0.3 is 5.32 Å². The second-order valence-electron chi connectivity index (χ2n) is 4.07. The van der Waals surface area contributed by atoms with E-state index in [-0.39, 0.29) is 0 Å². The first-order chi connectivity index (χ1) is 7.36. The summed E-state index contributed by atoms with van der Waals surface area (Å²) in [6.07, 6.45) is 4.81. The largest absolute Gasteiger partial charge is 0.316 e.